The van der Waals surface area contributed by atoms with Crippen molar-refractivity contribution in [2.45, 2.75) is 26.2 Å². The minimum atomic E-state index is -0.0617. The van der Waals surface area contributed by atoms with Crippen molar-refractivity contribution < 1.29 is 4.79 Å². The zero-order valence-electron chi connectivity index (χ0n) is 12.3. The van der Waals surface area contributed by atoms with Crippen molar-refractivity contribution in [3.63, 3.8) is 0 Å². The number of fused-ring (bicyclic) bond motifs is 1. The molecule has 0 saturated carbocycles. The number of amides is 1. The number of benzene rings is 2. The summed E-state index contributed by atoms with van der Waals surface area (Å²) < 4.78 is 0. The van der Waals surface area contributed by atoms with E-state index in [1.54, 1.807) is 0 Å². The van der Waals surface area contributed by atoms with Gasteiger partial charge in [0.25, 0.3) is 5.91 Å². The van der Waals surface area contributed by atoms with Gasteiger partial charge in [-0.15, -0.1) is 0 Å². The molecule has 0 saturated heterocycles. The van der Waals surface area contributed by atoms with Crippen molar-refractivity contribution in [2.75, 3.05) is 17.2 Å². The molecule has 1 heterocycles. The van der Waals surface area contributed by atoms with Crippen LogP contribution in [0.3, 0.4) is 0 Å². The van der Waals surface area contributed by atoms with Gasteiger partial charge in [-0.2, -0.15) is 0 Å². The van der Waals surface area contributed by atoms with Gasteiger partial charge in [0.1, 0.15) is 0 Å². The second-order valence-electron chi connectivity index (χ2n) is 5.41. The van der Waals surface area contributed by atoms with Crippen molar-refractivity contribution >= 4 is 17.3 Å². The standard InChI is InChI=1S/C18H20N2O/c1-2-13-5-7-15(8-6-13)18(21)20-16-10-9-14-4-3-11-19-17(14)12-16/h5-10,12,19H,2-4,11H2,1H3,(H,20,21). The lowest BCUT2D eigenvalue weighted by Crippen LogP contribution is -2.14. The molecule has 0 aliphatic carbocycles. The zero-order valence-corrected chi connectivity index (χ0v) is 12.3. The van der Waals surface area contributed by atoms with E-state index in [1.807, 2.05) is 36.4 Å². The van der Waals surface area contributed by atoms with E-state index in [-0.39, 0.29) is 5.91 Å². The number of carbonyl (C=O) groups excluding carboxylic acids is 1. The first kappa shape index (κ1) is 13.7. The number of hydrogen-bond acceptors (Lipinski definition) is 2. The largest absolute Gasteiger partial charge is 0.385 e. The van der Waals surface area contributed by atoms with Crippen LogP contribution in [0, 0.1) is 0 Å². The molecule has 0 aromatic heterocycles. The highest BCUT2D eigenvalue weighted by molar-refractivity contribution is 6.04. The van der Waals surface area contributed by atoms with Crippen LogP contribution in [0.15, 0.2) is 42.5 Å². The molecule has 0 spiro atoms. The van der Waals surface area contributed by atoms with Crippen LogP contribution in [0.25, 0.3) is 0 Å². The van der Waals surface area contributed by atoms with Gasteiger partial charge >= 0.3 is 0 Å². The van der Waals surface area contributed by atoms with Gasteiger partial charge in [-0.25, -0.2) is 0 Å². The van der Waals surface area contributed by atoms with Crippen LogP contribution in [-0.2, 0) is 12.8 Å². The van der Waals surface area contributed by atoms with E-state index in [0.29, 0.717) is 5.56 Å². The molecular weight excluding hydrogens is 260 g/mol. The Bertz CT molecular complexity index is 647. The van der Waals surface area contributed by atoms with Crippen molar-refractivity contribution in [3.8, 4) is 0 Å². The van der Waals surface area contributed by atoms with Crippen LogP contribution in [0.5, 0.6) is 0 Å². The molecule has 1 amide bonds. The third kappa shape index (κ3) is 3.07. The number of rotatable bonds is 3. The summed E-state index contributed by atoms with van der Waals surface area (Å²) in [5.74, 6) is -0.0617. The second kappa shape index (κ2) is 6.00. The zero-order chi connectivity index (χ0) is 14.7. The van der Waals surface area contributed by atoms with E-state index in [9.17, 15) is 4.79 Å². The van der Waals surface area contributed by atoms with Gasteiger partial charge in [-0.05, 0) is 54.7 Å². The molecule has 1 aliphatic rings. The van der Waals surface area contributed by atoms with Gasteiger partial charge in [-0.3, -0.25) is 4.79 Å². The Morgan fingerprint density at radius 3 is 2.76 bits per heavy atom. The molecule has 0 radical (unpaired) electrons. The van der Waals surface area contributed by atoms with Crippen LogP contribution in [0.4, 0.5) is 11.4 Å². The maximum atomic E-state index is 12.3. The Kier molecular flexibility index (Phi) is 3.91. The molecule has 0 unspecified atom stereocenters. The fourth-order valence-electron chi connectivity index (χ4n) is 2.63. The van der Waals surface area contributed by atoms with Crippen molar-refractivity contribution in [2.24, 2.45) is 0 Å². The average molecular weight is 280 g/mol. The van der Waals surface area contributed by atoms with Gasteiger partial charge < -0.3 is 10.6 Å². The van der Waals surface area contributed by atoms with E-state index in [0.717, 1.165) is 30.8 Å². The average Bonchev–Trinajstić information content (AvgIpc) is 2.55. The predicted octanol–water partition coefficient (Wildman–Crippen LogP) is 3.86. The van der Waals surface area contributed by atoms with Crippen LogP contribution in [-0.4, -0.2) is 12.5 Å². The minimum Gasteiger partial charge on any atom is -0.385 e. The quantitative estimate of drug-likeness (QED) is 0.896. The molecule has 0 atom stereocenters. The third-order valence-corrected chi connectivity index (χ3v) is 3.93. The minimum absolute atomic E-state index is 0.0617. The van der Waals surface area contributed by atoms with E-state index in [1.165, 1.54) is 17.5 Å². The first-order valence-corrected chi connectivity index (χ1v) is 7.53. The lowest BCUT2D eigenvalue weighted by Gasteiger charge is -2.18. The lowest BCUT2D eigenvalue weighted by molar-refractivity contribution is 0.102. The van der Waals surface area contributed by atoms with Crippen LogP contribution in [0.2, 0.25) is 0 Å². The van der Waals surface area contributed by atoms with Crippen LogP contribution >= 0.6 is 0 Å². The molecule has 0 fully saturated rings. The van der Waals surface area contributed by atoms with Crippen molar-refractivity contribution in [1.82, 2.24) is 0 Å². The van der Waals surface area contributed by atoms with E-state index in [2.05, 4.69) is 23.6 Å². The summed E-state index contributed by atoms with van der Waals surface area (Å²) in [6.45, 7) is 3.11. The maximum Gasteiger partial charge on any atom is 0.255 e. The molecule has 3 rings (SSSR count). The molecule has 2 aromatic rings. The van der Waals surface area contributed by atoms with E-state index >= 15 is 0 Å². The number of aryl methyl sites for hydroxylation is 2. The highest BCUT2D eigenvalue weighted by Gasteiger charge is 2.11. The Morgan fingerprint density at radius 1 is 1.19 bits per heavy atom. The molecule has 2 aromatic carbocycles. The summed E-state index contributed by atoms with van der Waals surface area (Å²) >= 11 is 0. The summed E-state index contributed by atoms with van der Waals surface area (Å²) in [6.07, 6.45) is 3.26. The summed E-state index contributed by atoms with van der Waals surface area (Å²) in [4.78, 5) is 12.3. The highest BCUT2D eigenvalue weighted by atomic mass is 16.1. The van der Waals surface area contributed by atoms with Gasteiger partial charge in [0, 0.05) is 23.5 Å². The Balaban J connectivity index is 1.74. The van der Waals surface area contributed by atoms with Gasteiger partial charge in [0.2, 0.25) is 0 Å². The first-order chi connectivity index (χ1) is 10.3. The molecule has 2 N–H and O–H groups in total. The van der Waals surface area contributed by atoms with Crippen LogP contribution in [0.1, 0.15) is 34.8 Å². The van der Waals surface area contributed by atoms with Gasteiger partial charge in [0.15, 0.2) is 0 Å². The summed E-state index contributed by atoms with van der Waals surface area (Å²) in [7, 11) is 0. The summed E-state index contributed by atoms with van der Waals surface area (Å²) in [5, 5.41) is 6.35. The highest BCUT2D eigenvalue weighted by Crippen LogP contribution is 2.25. The molecule has 21 heavy (non-hydrogen) atoms. The van der Waals surface area contributed by atoms with Crippen molar-refractivity contribution in [3.05, 3.63) is 59.2 Å². The number of hydrogen-bond donors (Lipinski definition) is 2. The maximum absolute atomic E-state index is 12.3. The molecule has 1 aliphatic heterocycles. The Hall–Kier alpha value is -2.29. The number of carbonyl (C=O) groups is 1. The number of anilines is 2. The normalized spacial score (nSPS) is 13.2. The molecule has 108 valence electrons. The SMILES string of the molecule is CCc1ccc(C(=O)Nc2ccc3c(c2)NCCC3)cc1. The fraction of sp³-hybridized carbons (Fsp3) is 0.278. The van der Waals surface area contributed by atoms with Crippen LogP contribution < -0.4 is 10.6 Å². The molecule has 0 bridgehead atoms. The van der Waals surface area contributed by atoms with Gasteiger partial charge in [-0.1, -0.05) is 25.1 Å². The topological polar surface area (TPSA) is 41.1 Å². The number of nitrogens with one attached hydrogen (secondary N) is 2. The molecule has 3 nitrogen and oxygen atoms in total. The predicted molar refractivity (Wildman–Crippen MR) is 87.0 cm³/mol. The summed E-state index contributed by atoms with van der Waals surface area (Å²) in [6, 6.07) is 13.9. The monoisotopic (exact) mass is 280 g/mol. The third-order valence-electron chi connectivity index (χ3n) is 3.93. The van der Waals surface area contributed by atoms with Gasteiger partial charge in [0.05, 0.1) is 0 Å². The second-order valence-corrected chi connectivity index (χ2v) is 5.41. The Morgan fingerprint density at radius 2 is 2.00 bits per heavy atom. The lowest BCUT2D eigenvalue weighted by atomic mass is 10.0. The summed E-state index contributed by atoms with van der Waals surface area (Å²) in [5.41, 5.74) is 5.24. The first-order valence-electron chi connectivity index (χ1n) is 7.53. The fourth-order valence-corrected chi connectivity index (χ4v) is 2.63. The molecule has 3 heteroatoms. The van der Waals surface area contributed by atoms with Crippen molar-refractivity contribution in [1.29, 1.82) is 0 Å². The Labute approximate surface area is 125 Å². The van der Waals surface area contributed by atoms with E-state index < -0.39 is 0 Å². The smallest absolute Gasteiger partial charge is 0.255 e. The van der Waals surface area contributed by atoms with E-state index in [4.69, 9.17) is 0 Å². The molecular formula is C18H20N2O.